The minimum Gasteiger partial charge on any atom is -0.377 e. The van der Waals surface area contributed by atoms with E-state index in [1.165, 1.54) is 0 Å². The molecule has 0 aliphatic carbocycles. The molecule has 0 N–H and O–H groups in total. The van der Waals surface area contributed by atoms with Crippen LogP contribution >= 0.6 is 0 Å². The third kappa shape index (κ3) is 3.31. The van der Waals surface area contributed by atoms with Crippen LogP contribution in [0.1, 0.15) is 10.4 Å². The Morgan fingerprint density at radius 1 is 0.885 bits per heavy atom. The normalized spacial score (nSPS) is 14.2. The molecule has 0 radical (unpaired) electrons. The summed E-state index contributed by atoms with van der Waals surface area (Å²) in [6.07, 6.45) is -7.62. The molecule has 1 rings (SSSR count). The Hall–Kier alpha value is -2.06. The van der Waals surface area contributed by atoms with Gasteiger partial charge in [-0.05, 0) is 18.2 Å². The van der Waals surface area contributed by atoms with E-state index in [1.54, 1.807) is 0 Å². The smallest absolute Gasteiger partial charge is 0.377 e. The predicted molar refractivity (Wildman–Crippen MR) is 62.2 cm³/mol. The second-order valence-corrected chi connectivity index (χ2v) is 6.09. The summed E-state index contributed by atoms with van der Waals surface area (Å²) in [6, 6.07) is 0.670. The summed E-state index contributed by atoms with van der Waals surface area (Å²) in [4.78, 5) is 10.6. The van der Waals surface area contributed by atoms with Gasteiger partial charge in [0.2, 0.25) is 0 Å². The van der Waals surface area contributed by atoms with Gasteiger partial charge in [-0.15, -0.1) is 0 Å². The van der Waals surface area contributed by atoms with Crippen LogP contribution in [0.5, 0.6) is 5.75 Å². The van der Waals surface area contributed by atoms with Gasteiger partial charge in [0.05, 0.1) is 5.56 Å². The van der Waals surface area contributed by atoms with Gasteiger partial charge >= 0.3 is 33.4 Å². The number of hydrogen-bond donors (Lipinski definition) is 0. The van der Waals surface area contributed by atoms with Gasteiger partial charge in [0, 0.05) is 0 Å². The summed E-state index contributed by atoms with van der Waals surface area (Å²) >= 11 is 0. The molecule has 0 aliphatic heterocycles. The maximum Gasteiger partial charge on any atom is 0.460 e. The average Bonchev–Trinajstić information content (AvgIpc) is 2.47. The molecule has 26 heavy (non-hydrogen) atoms. The van der Waals surface area contributed by atoms with E-state index in [0.717, 1.165) is 0 Å². The van der Waals surface area contributed by atoms with Crippen LogP contribution in [0.25, 0.3) is 0 Å². The maximum atomic E-state index is 13.4. The summed E-state index contributed by atoms with van der Waals surface area (Å²) < 4.78 is 153. The molecule has 15 heteroatoms. The number of carbonyl (C=O) groups excluding carboxylic acids is 1. The Balaban J connectivity index is 3.45. The number of rotatable bonds is 6. The third-order valence-corrected chi connectivity index (χ3v) is 4.01. The lowest BCUT2D eigenvalue weighted by molar-refractivity contribution is -0.382. The molecule has 0 amide bonds. The minimum atomic E-state index is -7.49. The van der Waals surface area contributed by atoms with Crippen LogP contribution in [0, 0.1) is 5.82 Å². The quantitative estimate of drug-likeness (QED) is 0.398. The lowest BCUT2D eigenvalue weighted by Crippen LogP contribution is -2.63. The van der Waals surface area contributed by atoms with E-state index in [4.69, 9.17) is 0 Å². The van der Waals surface area contributed by atoms with Crippen LogP contribution in [0.2, 0.25) is 0 Å². The van der Waals surface area contributed by atoms with E-state index in [9.17, 15) is 57.1 Å². The summed E-state index contributed by atoms with van der Waals surface area (Å²) in [7, 11) is -7.20. The number of halogens is 10. The summed E-state index contributed by atoms with van der Waals surface area (Å²) in [6.45, 7) is 0. The van der Waals surface area contributed by atoms with E-state index in [0.29, 0.717) is 6.07 Å². The second kappa shape index (κ2) is 6.28. The van der Waals surface area contributed by atoms with Crippen LogP contribution in [0.15, 0.2) is 18.2 Å². The maximum absolute atomic E-state index is 13.4. The molecule has 0 heterocycles. The SMILES string of the molecule is O=Cc1cc(F)ccc1OS(=O)(=O)C(F)(F)C(F)(F)C(F)(F)C(F)(F)F. The van der Waals surface area contributed by atoms with E-state index in [-0.39, 0.29) is 18.4 Å². The van der Waals surface area contributed by atoms with Crippen LogP contribution in [-0.2, 0) is 10.1 Å². The molecule has 1 aromatic carbocycles. The van der Waals surface area contributed by atoms with Crippen molar-refractivity contribution in [3.8, 4) is 5.75 Å². The molecule has 0 fully saturated rings. The van der Waals surface area contributed by atoms with Crippen molar-refractivity contribution in [1.29, 1.82) is 0 Å². The van der Waals surface area contributed by atoms with E-state index >= 15 is 0 Å². The topological polar surface area (TPSA) is 60.4 Å². The standard InChI is InChI=1S/C11H4F10O4S/c12-6-1-2-7(5(3-6)4-22)25-26(23,24)11(20,21)9(15,16)8(13,14)10(17,18)19/h1-4H. The van der Waals surface area contributed by atoms with Crippen molar-refractivity contribution >= 4 is 16.4 Å². The van der Waals surface area contributed by atoms with Crippen LogP contribution in [-0.4, -0.2) is 38.0 Å². The second-order valence-electron chi connectivity index (χ2n) is 4.50. The van der Waals surface area contributed by atoms with Crippen molar-refractivity contribution in [1.82, 2.24) is 0 Å². The van der Waals surface area contributed by atoms with Gasteiger partial charge in [-0.1, -0.05) is 0 Å². The molecule has 1 aromatic rings. The molecule has 148 valence electrons. The number of hydrogen-bond acceptors (Lipinski definition) is 4. The first-order valence-electron chi connectivity index (χ1n) is 5.81. The summed E-state index contributed by atoms with van der Waals surface area (Å²) in [5, 5.41) is -7.09. The number of carbonyl (C=O) groups is 1. The molecule has 0 unspecified atom stereocenters. The Kier molecular flexibility index (Phi) is 5.31. The van der Waals surface area contributed by atoms with Crippen molar-refractivity contribution in [2.75, 3.05) is 0 Å². The lowest BCUT2D eigenvalue weighted by Gasteiger charge is -2.32. The monoisotopic (exact) mass is 422 g/mol. The Morgan fingerprint density at radius 3 is 1.81 bits per heavy atom. The molecule has 0 spiro atoms. The fourth-order valence-corrected chi connectivity index (χ4v) is 2.31. The zero-order valence-electron chi connectivity index (χ0n) is 11.6. The molecule has 0 saturated heterocycles. The van der Waals surface area contributed by atoms with Gasteiger partial charge < -0.3 is 4.18 Å². The molecule has 0 bridgehead atoms. The largest absolute Gasteiger partial charge is 0.460 e. The Morgan fingerprint density at radius 2 is 1.38 bits per heavy atom. The highest BCUT2D eigenvalue weighted by Crippen LogP contribution is 2.55. The predicted octanol–water partition coefficient (Wildman–Crippen LogP) is 3.77. The van der Waals surface area contributed by atoms with Gasteiger partial charge in [0.15, 0.2) is 12.0 Å². The first-order chi connectivity index (χ1) is 11.4. The number of benzene rings is 1. The molecule has 0 aromatic heterocycles. The molecule has 0 atom stereocenters. The summed E-state index contributed by atoms with van der Waals surface area (Å²) in [5.74, 6) is -17.7. The third-order valence-electron chi connectivity index (χ3n) is 2.73. The van der Waals surface area contributed by atoms with E-state index in [1.807, 2.05) is 0 Å². The van der Waals surface area contributed by atoms with Crippen molar-refractivity contribution in [3.63, 3.8) is 0 Å². The highest BCUT2D eigenvalue weighted by Gasteiger charge is 2.86. The Labute approximate surface area is 137 Å². The first-order valence-corrected chi connectivity index (χ1v) is 7.22. The van der Waals surface area contributed by atoms with Crippen LogP contribution in [0.3, 0.4) is 0 Å². The van der Waals surface area contributed by atoms with Gasteiger partial charge in [-0.25, -0.2) is 4.39 Å². The zero-order valence-corrected chi connectivity index (χ0v) is 12.4. The molecule has 0 aliphatic rings. The molecule has 0 saturated carbocycles. The van der Waals surface area contributed by atoms with Crippen molar-refractivity contribution in [3.05, 3.63) is 29.6 Å². The lowest BCUT2D eigenvalue weighted by atomic mass is 10.1. The molecule has 4 nitrogen and oxygen atoms in total. The van der Waals surface area contributed by atoms with Crippen LogP contribution in [0.4, 0.5) is 43.9 Å². The van der Waals surface area contributed by atoms with E-state index < -0.39 is 50.5 Å². The van der Waals surface area contributed by atoms with Gasteiger partial charge in [-0.3, -0.25) is 4.79 Å². The number of alkyl halides is 9. The minimum absolute atomic E-state index is 0.173. The zero-order chi connectivity index (χ0) is 20.8. The molecular formula is C11H4F10O4S. The first kappa shape index (κ1) is 22.0. The van der Waals surface area contributed by atoms with Gasteiger partial charge in [-0.2, -0.15) is 47.9 Å². The average molecular weight is 422 g/mol. The fourth-order valence-electron chi connectivity index (χ4n) is 1.38. The fraction of sp³-hybridized carbons (Fsp3) is 0.364. The summed E-state index contributed by atoms with van der Waals surface area (Å²) in [5.41, 5.74) is -1.13. The van der Waals surface area contributed by atoms with Crippen molar-refractivity contribution in [2.45, 2.75) is 23.3 Å². The van der Waals surface area contributed by atoms with Gasteiger partial charge in [0.1, 0.15) is 5.82 Å². The van der Waals surface area contributed by atoms with Crippen molar-refractivity contribution < 1.29 is 61.3 Å². The Bertz CT molecular complexity index is 800. The highest BCUT2D eigenvalue weighted by atomic mass is 32.2. The number of aldehydes is 1. The van der Waals surface area contributed by atoms with Crippen LogP contribution < -0.4 is 4.18 Å². The van der Waals surface area contributed by atoms with E-state index in [2.05, 4.69) is 4.18 Å². The molecular weight excluding hydrogens is 418 g/mol. The highest BCUT2D eigenvalue weighted by molar-refractivity contribution is 7.88. The van der Waals surface area contributed by atoms with Crippen molar-refractivity contribution in [2.24, 2.45) is 0 Å². The van der Waals surface area contributed by atoms with Gasteiger partial charge in [0.25, 0.3) is 0 Å².